The number of carboxylic acid groups (broad SMARTS) is 1. The van der Waals surface area contributed by atoms with E-state index in [1.165, 1.54) is 24.1 Å². The molecule has 0 aliphatic rings. The van der Waals surface area contributed by atoms with Crippen LogP contribution in [0.15, 0.2) is 18.2 Å². The van der Waals surface area contributed by atoms with Gasteiger partial charge in [-0.15, -0.1) is 0 Å². The van der Waals surface area contributed by atoms with Gasteiger partial charge in [0.1, 0.15) is 5.54 Å². The third-order valence-corrected chi connectivity index (χ3v) is 2.88. The number of likely N-dealkylation sites (N-methyl/N-ethyl adjacent to an activating group) is 1. The second-order valence-electron chi connectivity index (χ2n) is 4.24. The van der Waals surface area contributed by atoms with Gasteiger partial charge >= 0.3 is 5.97 Å². The maximum atomic E-state index is 13.5. The number of methoxy groups -OCH3 is 1. The van der Waals surface area contributed by atoms with Crippen LogP contribution in [-0.4, -0.2) is 30.8 Å². The predicted octanol–water partition coefficient (Wildman–Crippen LogP) is 2.13. The van der Waals surface area contributed by atoms with Gasteiger partial charge in [0.2, 0.25) is 0 Å². The summed E-state index contributed by atoms with van der Waals surface area (Å²) in [4.78, 5) is 12.6. The molecule has 1 N–H and O–H groups in total. The molecule has 0 amide bonds. The van der Waals surface area contributed by atoms with E-state index in [0.717, 1.165) is 0 Å². The molecule has 0 aromatic heterocycles. The number of aliphatic carboxylic acids is 1. The van der Waals surface area contributed by atoms with E-state index < -0.39 is 17.3 Å². The van der Waals surface area contributed by atoms with E-state index in [2.05, 4.69) is 0 Å². The average Bonchev–Trinajstić information content (AvgIpc) is 2.27. The summed E-state index contributed by atoms with van der Waals surface area (Å²) in [7, 11) is 2.98. The Morgan fingerprint density at radius 1 is 1.47 bits per heavy atom. The van der Waals surface area contributed by atoms with Crippen molar-refractivity contribution in [3.63, 3.8) is 0 Å². The summed E-state index contributed by atoms with van der Waals surface area (Å²) in [5.74, 6) is -1.36. The molecule has 94 valence electrons. The number of rotatable bonds is 4. The smallest absolute Gasteiger partial charge is 0.328 e. The second-order valence-corrected chi connectivity index (χ2v) is 4.24. The first kappa shape index (κ1) is 13.3. The summed E-state index contributed by atoms with van der Waals surface area (Å²) in [5, 5.41) is 9.08. The zero-order chi connectivity index (χ0) is 13.2. The lowest BCUT2D eigenvalue weighted by Crippen LogP contribution is -2.48. The number of benzene rings is 1. The molecule has 0 heterocycles. The van der Waals surface area contributed by atoms with Crippen molar-refractivity contribution in [2.45, 2.75) is 19.4 Å². The number of carboxylic acids is 1. The maximum Gasteiger partial charge on any atom is 0.328 e. The van der Waals surface area contributed by atoms with Gasteiger partial charge in [-0.2, -0.15) is 0 Å². The van der Waals surface area contributed by atoms with Crippen LogP contribution in [0, 0.1) is 5.82 Å². The van der Waals surface area contributed by atoms with E-state index >= 15 is 0 Å². The number of carbonyl (C=O) groups is 1. The van der Waals surface area contributed by atoms with Crippen LogP contribution >= 0.6 is 0 Å². The molecule has 1 aromatic rings. The molecular weight excluding hydrogens is 225 g/mol. The molecule has 0 radical (unpaired) electrons. The molecule has 5 heteroatoms. The molecule has 0 spiro atoms. The number of ether oxygens (including phenoxy) is 1. The van der Waals surface area contributed by atoms with Crippen molar-refractivity contribution in [3.8, 4) is 5.75 Å². The lowest BCUT2D eigenvalue weighted by atomic mass is 10.0. The quantitative estimate of drug-likeness (QED) is 0.877. The molecule has 0 atom stereocenters. The van der Waals surface area contributed by atoms with E-state index in [9.17, 15) is 9.18 Å². The van der Waals surface area contributed by atoms with Crippen LogP contribution in [0.1, 0.15) is 13.8 Å². The Morgan fingerprint density at radius 3 is 2.47 bits per heavy atom. The third kappa shape index (κ3) is 2.49. The Kier molecular flexibility index (Phi) is 3.60. The normalized spacial score (nSPS) is 11.1. The van der Waals surface area contributed by atoms with E-state index in [1.807, 2.05) is 0 Å². The molecule has 0 aliphatic carbocycles. The summed E-state index contributed by atoms with van der Waals surface area (Å²) in [6.07, 6.45) is 0. The van der Waals surface area contributed by atoms with Crippen molar-refractivity contribution >= 4 is 11.7 Å². The number of hydrogen-bond acceptors (Lipinski definition) is 3. The minimum atomic E-state index is -1.11. The predicted molar refractivity (Wildman–Crippen MR) is 63.1 cm³/mol. The van der Waals surface area contributed by atoms with Crippen molar-refractivity contribution in [2.75, 3.05) is 19.1 Å². The molecule has 0 aliphatic heterocycles. The monoisotopic (exact) mass is 241 g/mol. The number of nitrogens with zero attached hydrogens (tertiary/aromatic N) is 1. The van der Waals surface area contributed by atoms with Crippen LogP contribution in [0.3, 0.4) is 0 Å². The van der Waals surface area contributed by atoms with Crippen molar-refractivity contribution in [3.05, 3.63) is 24.0 Å². The van der Waals surface area contributed by atoms with Crippen LogP contribution in [-0.2, 0) is 4.79 Å². The SMILES string of the molecule is COc1ccc(N(C)C(C)(C)C(=O)O)cc1F. The Morgan fingerprint density at radius 2 is 2.06 bits per heavy atom. The van der Waals surface area contributed by atoms with Gasteiger partial charge < -0.3 is 14.7 Å². The number of halogens is 1. The average molecular weight is 241 g/mol. The summed E-state index contributed by atoms with van der Waals surface area (Å²) < 4.78 is 18.3. The number of anilines is 1. The molecule has 17 heavy (non-hydrogen) atoms. The summed E-state index contributed by atoms with van der Waals surface area (Å²) >= 11 is 0. The minimum Gasteiger partial charge on any atom is -0.494 e. The number of hydrogen-bond donors (Lipinski definition) is 1. The van der Waals surface area contributed by atoms with Crippen molar-refractivity contribution in [2.24, 2.45) is 0 Å². The van der Waals surface area contributed by atoms with E-state index in [-0.39, 0.29) is 5.75 Å². The fraction of sp³-hybridized carbons (Fsp3) is 0.417. The van der Waals surface area contributed by atoms with Crippen molar-refractivity contribution in [1.82, 2.24) is 0 Å². The molecule has 0 fully saturated rings. The highest BCUT2D eigenvalue weighted by molar-refractivity contribution is 5.82. The zero-order valence-corrected chi connectivity index (χ0v) is 10.3. The Bertz CT molecular complexity index is 432. The minimum absolute atomic E-state index is 0.135. The van der Waals surface area contributed by atoms with Gasteiger partial charge in [0.05, 0.1) is 7.11 Å². The molecular formula is C12H16FNO3. The molecule has 0 unspecified atom stereocenters. The van der Waals surface area contributed by atoms with Gasteiger partial charge in [-0.05, 0) is 26.0 Å². The van der Waals surface area contributed by atoms with Crippen LogP contribution in [0.4, 0.5) is 10.1 Å². The van der Waals surface area contributed by atoms with Crippen molar-refractivity contribution < 1.29 is 19.0 Å². The van der Waals surface area contributed by atoms with Crippen molar-refractivity contribution in [1.29, 1.82) is 0 Å². The summed E-state index contributed by atoms with van der Waals surface area (Å²) in [5.41, 5.74) is -0.628. The van der Waals surface area contributed by atoms with Crippen LogP contribution in [0.5, 0.6) is 5.75 Å². The highest BCUT2D eigenvalue weighted by Gasteiger charge is 2.32. The zero-order valence-electron chi connectivity index (χ0n) is 10.3. The molecule has 1 aromatic carbocycles. The molecule has 0 saturated carbocycles. The third-order valence-electron chi connectivity index (χ3n) is 2.88. The van der Waals surface area contributed by atoms with E-state index in [4.69, 9.17) is 9.84 Å². The highest BCUT2D eigenvalue weighted by Crippen LogP contribution is 2.27. The molecule has 4 nitrogen and oxygen atoms in total. The van der Waals surface area contributed by atoms with Crippen LogP contribution < -0.4 is 9.64 Å². The topological polar surface area (TPSA) is 49.8 Å². The van der Waals surface area contributed by atoms with Gasteiger partial charge in [0, 0.05) is 18.8 Å². The lowest BCUT2D eigenvalue weighted by molar-refractivity contribution is -0.142. The Labute approximate surface area is 99.6 Å². The fourth-order valence-electron chi connectivity index (χ4n) is 1.33. The molecule has 0 saturated heterocycles. The largest absolute Gasteiger partial charge is 0.494 e. The van der Waals surface area contributed by atoms with E-state index in [1.54, 1.807) is 27.0 Å². The standard InChI is InChI=1S/C12H16FNO3/c1-12(2,11(15)16)14(3)8-5-6-10(17-4)9(13)7-8/h5-7H,1-4H3,(H,15,16). The Hall–Kier alpha value is -1.78. The van der Waals surface area contributed by atoms with Crippen LogP contribution in [0.2, 0.25) is 0 Å². The molecule has 1 rings (SSSR count). The summed E-state index contributed by atoms with van der Waals surface area (Å²) in [6.45, 7) is 3.11. The maximum absolute atomic E-state index is 13.5. The van der Waals surface area contributed by atoms with Gasteiger partial charge in [-0.25, -0.2) is 9.18 Å². The van der Waals surface area contributed by atoms with Gasteiger partial charge in [-0.3, -0.25) is 0 Å². The second kappa shape index (κ2) is 4.61. The fourth-order valence-corrected chi connectivity index (χ4v) is 1.33. The van der Waals surface area contributed by atoms with E-state index in [0.29, 0.717) is 5.69 Å². The highest BCUT2D eigenvalue weighted by atomic mass is 19.1. The lowest BCUT2D eigenvalue weighted by Gasteiger charge is -2.33. The first-order valence-corrected chi connectivity index (χ1v) is 5.11. The van der Waals surface area contributed by atoms with Gasteiger partial charge in [0.25, 0.3) is 0 Å². The Balaban J connectivity index is 3.09. The first-order valence-electron chi connectivity index (χ1n) is 5.11. The van der Waals surface area contributed by atoms with Gasteiger partial charge in [-0.1, -0.05) is 0 Å². The van der Waals surface area contributed by atoms with Crippen LogP contribution in [0.25, 0.3) is 0 Å². The first-order chi connectivity index (χ1) is 7.80. The summed E-state index contributed by atoms with van der Waals surface area (Å²) in [6, 6.07) is 4.34. The van der Waals surface area contributed by atoms with Gasteiger partial charge in [0.15, 0.2) is 11.6 Å². The molecule has 0 bridgehead atoms.